The highest BCUT2D eigenvalue weighted by atomic mass is 79.9. The molecule has 0 aliphatic heterocycles. The molecule has 0 spiro atoms. The van der Waals surface area contributed by atoms with E-state index >= 15 is 0 Å². The van der Waals surface area contributed by atoms with Crippen LogP contribution >= 0.6 is 15.9 Å². The van der Waals surface area contributed by atoms with Crippen LogP contribution in [0.3, 0.4) is 0 Å². The van der Waals surface area contributed by atoms with Crippen LogP contribution in [0.15, 0.2) is 28.7 Å². The van der Waals surface area contributed by atoms with Gasteiger partial charge in [-0.1, -0.05) is 28.1 Å². The zero-order valence-electron chi connectivity index (χ0n) is 12.1. The van der Waals surface area contributed by atoms with Gasteiger partial charge in [0.25, 0.3) is 10.2 Å². The SMILES string of the molecule is CNCCCN(C)S(=O)(=O)NC(C)c1ccc(Br)cc1. The van der Waals surface area contributed by atoms with Gasteiger partial charge in [0.05, 0.1) is 0 Å². The van der Waals surface area contributed by atoms with Crippen molar-refractivity contribution < 1.29 is 8.42 Å². The van der Waals surface area contributed by atoms with E-state index in [1.165, 1.54) is 4.31 Å². The quantitative estimate of drug-likeness (QED) is 0.693. The first-order valence-electron chi connectivity index (χ1n) is 6.50. The summed E-state index contributed by atoms with van der Waals surface area (Å²) in [6, 6.07) is 7.34. The average molecular weight is 364 g/mol. The van der Waals surface area contributed by atoms with Gasteiger partial charge in [0.2, 0.25) is 0 Å². The predicted octanol–water partition coefficient (Wildman–Crippen LogP) is 1.89. The highest BCUT2D eigenvalue weighted by Gasteiger charge is 2.20. The molecule has 1 rings (SSSR count). The number of hydrogen-bond donors (Lipinski definition) is 2. The molecule has 20 heavy (non-hydrogen) atoms. The zero-order chi connectivity index (χ0) is 15.2. The Labute approximate surface area is 130 Å². The largest absolute Gasteiger partial charge is 0.320 e. The molecule has 0 radical (unpaired) electrons. The van der Waals surface area contributed by atoms with E-state index < -0.39 is 10.2 Å². The van der Waals surface area contributed by atoms with Crippen molar-refractivity contribution in [3.8, 4) is 0 Å². The van der Waals surface area contributed by atoms with E-state index in [4.69, 9.17) is 0 Å². The number of hydrogen-bond acceptors (Lipinski definition) is 3. The molecule has 5 nitrogen and oxygen atoms in total. The first-order valence-corrected chi connectivity index (χ1v) is 8.74. The van der Waals surface area contributed by atoms with Gasteiger partial charge in [-0.3, -0.25) is 0 Å². The third-order valence-corrected chi connectivity index (χ3v) is 5.19. The first-order chi connectivity index (χ1) is 9.36. The topological polar surface area (TPSA) is 61.4 Å². The average Bonchev–Trinajstić information content (AvgIpc) is 2.39. The van der Waals surface area contributed by atoms with Gasteiger partial charge in [0, 0.05) is 24.1 Å². The van der Waals surface area contributed by atoms with E-state index in [2.05, 4.69) is 26.0 Å². The molecule has 0 amide bonds. The Morgan fingerprint density at radius 1 is 1.30 bits per heavy atom. The van der Waals surface area contributed by atoms with Crippen molar-refractivity contribution in [1.82, 2.24) is 14.3 Å². The van der Waals surface area contributed by atoms with Gasteiger partial charge < -0.3 is 5.32 Å². The minimum absolute atomic E-state index is 0.264. The van der Waals surface area contributed by atoms with Gasteiger partial charge in [0.15, 0.2) is 0 Å². The van der Waals surface area contributed by atoms with Gasteiger partial charge in [-0.2, -0.15) is 17.4 Å². The van der Waals surface area contributed by atoms with Crippen molar-refractivity contribution in [2.75, 3.05) is 27.2 Å². The minimum atomic E-state index is -3.45. The van der Waals surface area contributed by atoms with E-state index in [0.29, 0.717) is 6.54 Å². The van der Waals surface area contributed by atoms with Crippen molar-refractivity contribution in [2.45, 2.75) is 19.4 Å². The molecule has 0 bridgehead atoms. The summed E-state index contributed by atoms with van der Waals surface area (Å²) in [5.74, 6) is 0. The number of nitrogens with zero attached hydrogens (tertiary/aromatic N) is 1. The van der Waals surface area contributed by atoms with Crippen molar-refractivity contribution >= 4 is 26.1 Å². The summed E-state index contributed by atoms with van der Waals surface area (Å²) in [5.41, 5.74) is 0.931. The van der Waals surface area contributed by atoms with E-state index in [1.807, 2.05) is 38.2 Å². The predicted molar refractivity (Wildman–Crippen MR) is 85.8 cm³/mol. The Hall–Kier alpha value is -0.470. The highest BCUT2D eigenvalue weighted by Crippen LogP contribution is 2.17. The maximum Gasteiger partial charge on any atom is 0.279 e. The fourth-order valence-corrected chi connectivity index (χ4v) is 3.13. The number of halogens is 1. The van der Waals surface area contributed by atoms with Crippen LogP contribution in [-0.2, 0) is 10.2 Å². The zero-order valence-corrected chi connectivity index (χ0v) is 14.5. The van der Waals surface area contributed by atoms with Crippen molar-refractivity contribution in [2.24, 2.45) is 0 Å². The van der Waals surface area contributed by atoms with Crippen LogP contribution in [0.4, 0.5) is 0 Å². The standard InChI is InChI=1S/C13H22BrN3O2S/c1-11(12-5-7-13(14)8-6-12)16-20(18,19)17(3)10-4-9-15-2/h5-8,11,15-16H,4,9-10H2,1-3H3. The van der Waals surface area contributed by atoms with Crippen molar-refractivity contribution in [3.63, 3.8) is 0 Å². The molecule has 114 valence electrons. The van der Waals surface area contributed by atoms with Gasteiger partial charge in [-0.15, -0.1) is 0 Å². The third kappa shape index (κ3) is 5.49. The molecule has 1 atom stereocenters. The van der Waals surface area contributed by atoms with E-state index in [1.54, 1.807) is 7.05 Å². The summed E-state index contributed by atoms with van der Waals surface area (Å²) in [5, 5.41) is 3.00. The van der Waals surface area contributed by atoms with Gasteiger partial charge in [-0.25, -0.2) is 0 Å². The summed E-state index contributed by atoms with van der Waals surface area (Å²) in [4.78, 5) is 0. The van der Waals surface area contributed by atoms with Gasteiger partial charge in [-0.05, 0) is 44.6 Å². The maximum atomic E-state index is 12.2. The maximum absolute atomic E-state index is 12.2. The van der Waals surface area contributed by atoms with E-state index in [0.717, 1.165) is 23.0 Å². The van der Waals surface area contributed by atoms with Crippen LogP contribution in [0, 0.1) is 0 Å². The molecule has 0 aliphatic rings. The molecule has 2 N–H and O–H groups in total. The Balaban J connectivity index is 2.63. The van der Waals surface area contributed by atoms with E-state index in [9.17, 15) is 8.42 Å². The lowest BCUT2D eigenvalue weighted by molar-refractivity contribution is 0.441. The second-order valence-corrected chi connectivity index (χ2v) is 7.40. The molecule has 0 saturated carbocycles. The Bertz CT molecular complexity index is 505. The summed E-state index contributed by atoms with van der Waals surface area (Å²) < 4.78 is 29.3. The molecule has 0 heterocycles. The van der Waals surface area contributed by atoms with Crippen LogP contribution in [0.2, 0.25) is 0 Å². The third-order valence-electron chi connectivity index (χ3n) is 3.01. The summed E-state index contributed by atoms with van der Waals surface area (Å²) in [6.45, 7) is 3.12. The lowest BCUT2D eigenvalue weighted by Crippen LogP contribution is -2.40. The number of nitrogens with one attached hydrogen (secondary N) is 2. The van der Waals surface area contributed by atoms with Crippen LogP contribution in [0.25, 0.3) is 0 Å². The number of rotatable bonds is 8. The number of benzene rings is 1. The fourth-order valence-electron chi connectivity index (χ4n) is 1.73. The van der Waals surface area contributed by atoms with Gasteiger partial charge >= 0.3 is 0 Å². The van der Waals surface area contributed by atoms with Crippen LogP contribution in [-0.4, -0.2) is 39.9 Å². The minimum Gasteiger partial charge on any atom is -0.320 e. The van der Waals surface area contributed by atoms with Gasteiger partial charge in [0.1, 0.15) is 0 Å². The smallest absolute Gasteiger partial charge is 0.279 e. The molecule has 7 heteroatoms. The monoisotopic (exact) mass is 363 g/mol. The lowest BCUT2D eigenvalue weighted by atomic mass is 10.1. The fraction of sp³-hybridized carbons (Fsp3) is 0.538. The molecule has 0 aliphatic carbocycles. The Kier molecular flexibility index (Phi) is 7.11. The first kappa shape index (κ1) is 17.6. The summed E-state index contributed by atoms with van der Waals surface area (Å²) >= 11 is 3.36. The molecule has 1 aromatic carbocycles. The highest BCUT2D eigenvalue weighted by molar-refractivity contribution is 9.10. The van der Waals surface area contributed by atoms with Crippen molar-refractivity contribution in [1.29, 1.82) is 0 Å². The van der Waals surface area contributed by atoms with E-state index in [-0.39, 0.29) is 6.04 Å². The second kappa shape index (κ2) is 8.09. The molecule has 0 saturated heterocycles. The second-order valence-electron chi connectivity index (χ2n) is 4.67. The van der Waals surface area contributed by atoms with Crippen LogP contribution in [0.5, 0.6) is 0 Å². The van der Waals surface area contributed by atoms with Crippen LogP contribution < -0.4 is 10.0 Å². The summed E-state index contributed by atoms with van der Waals surface area (Å²) in [6.07, 6.45) is 0.778. The summed E-state index contributed by atoms with van der Waals surface area (Å²) in [7, 11) is -0.0153. The molecular weight excluding hydrogens is 342 g/mol. The van der Waals surface area contributed by atoms with Crippen molar-refractivity contribution in [3.05, 3.63) is 34.3 Å². The molecule has 0 fully saturated rings. The molecule has 1 unspecified atom stereocenters. The molecule has 0 aromatic heterocycles. The van der Waals surface area contributed by atoms with Crippen LogP contribution in [0.1, 0.15) is 24.9 Å². The normalized spacial score (nSPS) is 13.7. The Morgan fingerprint density at radius 3 is 2.45 bits per heavy atom. The molecular formula is C13H22BrN3O2S. The Morgan fingerprint density at radius 2 is 1.90 bits per heavy atom. The molecule has 1 aromatic rings. The lowest BCUT2D eigenvalue weighted by Gasteiger charge is -2.21.